The predicted octanol–water partition coefficient (Wildman–Crippen LogP) is 5.82. The number of benzene rings is 4. The van der Waals surface area contributed by atoms with Crippen LogP contribution in [0.5, 0.6) is 5.75 Å². The van der Waals surface area contributed by atoms with Crippen LogP contribution in [0.3, 0.4) is 0 Å². The third-order valence-electron chi connectivity index (χ3n) is 5.60. The van der Waals surface area contributed by atoms with Crippen LogP contribution in [0.2, 0.25) is 0 Å². The smallest absolute Gasteiger partial charge is 0.265 e. The highest BCUT2D eigenvalue weighted by atomic mass is 16.5. The van der Waals surface area contributed by atoms with Gasteiger partial charge in [-0.05, 0) is 58.1 Å². The van der Waals surface area contributed by atoms with Gasteiger partial charge in [0.25, 0.3) is 5.91 Å². The Morgan fingerprint density at radius 1 is 0.781 bits per heavy atom. The maximum atomic E-state index is 12.8. The fraction of sp³-hybridized carbons (Fsp3) is 0.0714. The molecule has 1 heterocycles. The zero-order valence-corrected chi connectivity index (χ0v) is 17.4. The van der Waals surface area contributed by atoms with Gasteiger partial charge in [-0.1, -0.05) is 66.7 Å². The molecule has 0 unspecified atom stereocenters. The second-order valence-corrected chi connectivity index (χ2v) is 7.71. The standard InChI is InChI=1S/C28H20N2O2/c29-17-20-6-4-10-23(14-20)24-11-5-7-21(15-24)18-30-26-16-25(22-8-2-1-3-9-22)12-13-27(26)32-19-28(30)31/h1-16H,18-19H2. The molecule has 0 spiro atoms. The molecule has 0 saturated heterocycles. The lowest BCUT2D eigenvalue weighted by atomic mass is 10.0. The number of nitrogens with zero attached hydrogens (tertiary/aromatic N) is 2. The van der Waals surface area contributed by atoms with Crippen LogP contribution in [0.4, 0.5) is 5.69 Å². The van der Waals surface area contributed by atoms with Gasteiger partial charge in [0.15, 0.2) is 6.61 Å². The van der Waals surface area contributed by atoms with Gasteiger partial charge < -0.3 is 9.64 Å². The molecule has 1 aliphatic heterocycles. The number of carbonyl (C=O) groups excluding carboxylic acids is 1. The lowest BCUT2D eigenvalue weighted by molar-refractivity contribution is -0.121. The highest BCUT2D eigenvalue weighted by molar-refractivity contribution is 5.98. The minimum atomic E-state index is -0.0698. The topological polar surface area (TPSA) is 53.3 Å². The monoisotopic (exact) mass is 416 g/mol. The molecule has 32 heavy (non-hydrogen) atoms. The van der Waals surface area contributed by atoms with E-state index in [9.17, 15) is 10.1 Å². The average molecular weight is 416 g/mol. The number of nitriles is 1. The SMILES string of the molecule is N#Cc1cccc(-c2cccc(CN3C(=O)COc4ccc(-c5ccccc5)cc43)c2)c1. The average Bonchev–Trinajstić information content (AvgIpc) is 2.86. The first kappa shape index (κ1) is 19.6. The van der Waals surface area contributed by atoms with E-state index in [1.54, 1.807) is 11.0 Å². The van der Waals surface area contributed by atoms with Gasteiger partial charge in [-0.15, -0.1) is 0 Å². The minimum absolute atomic E-state index is 0.0294. The summed E-state index contributed by atoms with van der Waals surface area (Å²) in [5, 5.41) is 9.20. The number of amides is 1. The number of rotatable bonds is 4. The lowest BCUT2D eigenvalue weighted by Gasteiger charge is -2.30. The molecule has 1 aliphatic rings. The van der Waals surface area contributed by atoms with Gasteiger partial charge in [-0.25, -0.2) is 0 Å². The Morgan fingerprint density at radius 3 is 2.31 bits per heavy atom. The zero-order valence-electron chi connectivity index (χ0n) is 17.4. The van der Waals surface area contributed by atoms with Crippen molar-refractivity contribution in [2.75, 3.05) is 11.5 Å². The van der Waals surface area contributed by atoms with Crippen molar-refractivity contribution in [3.8, 4) is 34.1 Å². The minimum Gasteiger partial charge on any atom is -0.482 e. The molecule has 4 aromatic rings. The summed E-state index contributed by atoms with van der Waals surface area (Å²) in [6, 6.07) is 33.9. The Hall–Kier alpha value is -4.36. The van der Waals surface area contributed by atoms with E-state index in [4.69, 9.17) is 4.74 Å². The Labute approximate surface area is 186 Å². The first-order valence-corrected chi connectivity index (χ1v) is 10.4. The molecule has 4 aromatic carbocycles. The summed E-state index contributed by atoms with van der Waals surface area (Å²) in [7, 11) is 0. The van der Waals surface area contributed by atoms with Gasteiger partial charge in [0.2, 0.25) is 0 Å². The first-order valence-electron chi connectivity index (χ1n) is 10.4. The van der Waals surface area contributed by atoms with Crippen molar-refractivity contribution in [1.82, 2.24) is 0 Å². The molecule has 1 amide bonds. The van der Waals surface area contributed by atoms with Crippen LogP contribution in [0.1, 0.15) is 11.1 Å². The van der Waals surface area contributed by atoms with E-state index in [-0.39, 0.29) is 12.5 Å². The largest absolute Gasteiger partial charge is 0.482 e. The molecule has 0 aromatic heterocycles. The lowest BCUT2D eigenvalue weighted by Crippen LogP contribution is -2.38. The summed E-state index contributed by atoms with van der Waals surface area (Å²) < 4.78 is 5.69. The van der Waals surface area contributed by atoms with Crippen molar-refractivity contribution in [3.63, 3.8) is 0 Å². The molecule has 4 heteroatoms. The molecule has 0 saturated carbocycles. The van der Waals surface area contributed by atoms with Crippen LogP contribution in [-0.2, 0) is 11.3 Å². The Morgan fingerprint density at radius 2 is 1.50 bits per heavy atom. The molecular formula is C28H20N2O2. The fourth-order valence-corrected chi connectivity index (χ4v) is 3.99. The summed E-state index contributed by atoms with van der Waals surface area (Å²) >= 11 is 0. The molecule has 4 nitrogen and oxygen atoms in total. The third-order valence-corrected chi connectivity index (χ3v) is 5.60. The molecule has 0 fully saturated rings. The Balaban J connectivity index is 1.49. The van der Waals surface area contributed by atoms with E-state index < -0.39 is 0 Å². The number of fused-ring (bicyclic) bond motifs is 1. The maximum absolute atomic E-state index is 12.8. The van der Waals surface area contributed by atoms with Crippen molar-refractivity contribution in [3.05, 3.63) is 108 Å². The van der Waals surface area contributed by atoms with E-state index in [1.807, 2.05) is 72.8 Å². The summed E-state index contributed by atoms with van der Waals surface area (Å²) in [4.78, 5) is 14.6. The molecule has 0 bridgehead atoms. The van der Waals surface area contributed by atoms with E-state index in [1.165, 1.54) is 0 Å². The molecule has 0 atom stereocenters. The predicted molar refractivity (Wildman–Crippen MR) is 125 cm³/mol. The first-order chi connectivity index (χ1) is 15.7. The Bertz CT molecular complexity index is 1340. The third kappa shape index (κ3) is 3.84. The second kappa shape index (κ2) is 8.41. The van der Waals surface area contributed by atoms with Crippen LogP contribution in [0, 0.1) is 11.3 Å². The molecular weight excluding hydrogens is 396 g/mol. The van der Waals surface area contributed by atoms with Crippen LogP contribution in [-0.4, -0.2) is 12.5 Å². The van der Waals surface area contributed by atoms with Gasteiger partial charge in [0.1, 0.15) is 5.75 Å². The summed E-state index contributed by atoms with van der Waals surface area (Å²) in [5.74, 6) is 0.641. The molecule has 0 aliphatic carbocycles. The summed E-state index contributed by atoms with van der Waals surface area (Å²) in [6.07, 6.45) is 0. The molecule has 0 radical (unpaired) electrons. The molecule has 0 N–H and O–H groups in total. The van der Waals surface area contributed by atoms with Crippen LogP contribution < -0.4 is 9.64 Å². The number of hydrogen-bond acceptors (Lipinski definition) is 3. The maximum Gasteiger partial charge on any atom is 0.265 e. The van der Waals surface area contributed by atoms with E-state index in [2.05, 4.69) is 24.3 Å². The van der Waals surface area contributed by atoms with Crippen LogP contribution in [0.15, 0.2) is 97.1 Å². The fourth-order valence-electron chi connectivity index (χ4n) is 3.99. The van der Waals surface area contributed by atoms with E-state index in [0.717, 1.165) is 33.5 Å². The second-order valence-electron chi connectivity index (χ2n) is 7.71. The van der Waals surface area contributed by atoms with Crippen molar-refractivity contribution in [2.24, 2.45) is 0 Å². The number of anilines is 1. The van der Waals surface area contributed by atoms with Gasteiger partial charge in [0.05, 0.1) is 23.9 Å². The van der Waals surface area contributed by atoms with Crippen LogP contribution in [0.25, 0.3) is 22.3 Å². The van der Waals surface area contributed by atoms with Gasteiger partial charge >= 0.3 is 0 Å². The van der Waals surface area contributed by atoms with Gasteiger partial charge in [-0.2, -0.15) is 5.26 Å². The number of hydrogen-bond donors (Lipinski definition) is 0. The quantitative estimate of drug-likeness (QED) is 0.421. The molecule has 154 valence electrons. The van der Waals surface area contributed by atoms with Crippen molar-refractivity contribution in [1.29, 1.82) is 5.26 Å². The number of carbonyl (C=O) groups is 1. The highest BCUT2D eigenvalue weighted by Crippen LogP contribution is 2.37. The highest BCUT2D eigenvalue weighted by Gasteiger charge is 2.26. The summed E-state index contributed by atoms with van der Waals surface area (Å²) in [5.41, 5.74) is 6.53. The normalized spacial score (nSPS) is 12.6. The van der Waals surface area contributed by atoms with Gasteiger partial charge in [-0.3, -0.25) is 4.79 Å². The summed E-state index contributed by atoms with van der Waals surface area (Å²) in [6.45, 7) is 0.473. The zero-order chi connectivity index (χ0) is 21.9. The number of ether oxygens (including phenoxy) is 1. The van der Waals surface area contributed by atoms with Gasteiger partial charge in [0, 0.05) is 0 Å². The molecule has 5 rings (SSSR count). The van der Waals surface area contributed by atoms with E-state index >= 15 is 0 Å². The van der Waals surface area contributed by atoms with Crippen molar-refractivity contribution in [2.45, 2.75) is 6.54 Å². The van der Waals surface area contributed by atoms with Crippen LogP contribution >= 0.6 is 0 Å². The Kier molecular flexibility index (Phi) is 5.15. The van der Waals surface area contributed by atoms with E-state index in [0.29, 0.717) is 17.9 Å². The van der Waals surface area contributed by atoms with Crippen molar-refractivity contribution < 1.29 is 9.53 Å². The van der Waals surface area contributed by atoms with Crippen molar-refractivity contribution >= 4 is 11.6 Å².